The van der Waals surface area contributed by atoms with E-state index in [9.17, 15) is 26.0 Å². The van der Waals surface area contributed by atoms with Crippen LogP contribution in [0.4, 0.5) is 22.0 Å². The Hall–Kier alpha value is -4.38. The molecule has 0 bridgehead atoms. The number of unbranched alkanes of at least 4 members (excludes halogenated alkanes) is 2. The lowest BCUT2D eigenvalue weighted by atomic mass is 9.81. The molecule has 0 aliphatic carbocycles. The second-order valence-electron chi connectivity index (χ2n) is 14.1. The molecule has 4 aromatic rings. The molecule has 1 N–H and O–H groups in total. The second kappa shape index (κ2) is 20.9. The summed E-state index contributed by atoms with van der Waals surface area (Å²) in [6, 6.07) is 13.9. The van der Waals surface area contributed by atoms with E-state index in [1.54, 1.807) is 31.5 Å². The van der Waals surface area contributed by atoms with E-state index >= 15 is 4.39 Å². The highest BCUT2D eigenvalue weighted by atomic mass is 35.5. The van der Waals surface area contributed by atoms with Gasteiger partial charge in [0.2, 0.25) is 10.0 Å². The molecule has 0 aliphatic heterocycles. The highest BCUT2D eigenvalue weighted by Crippen LogP contribution is 2.38. The van der Waals surface area contributed by atoms with Gasteiger partial charge in [-0.15, -0.1) is 0 Å². The van der Waals surface area contributed by atoms with E-state index in [1.165, 1.54) is 18.2 Å². The number of carbonyl (C=O) groups excluding carboxylic acids is 3. The third kappa shape index (κ3) is 14.5. The smallest absolute Gasteiger partial charge is 0.430 e. The van der Waals surface area contributed by atoms with Crippen molar-refractivity contribution in [3.63, 3.8) is 0 Å². The molecule has 1 aromatic heterocycles. The predicted octanol–water partition coefficient (Wildman–Crippen LogP) is 6.45. The monoisotopic (exact) mass is 864 g/mol. The van der Waals surface area contributed by atoms with Gasteiger partial charge in [-0.3, -0.25) is 4.57 Å². The van der Waals surface area contributed by atoms with E-state index in [-0.39, 0.29) is 46.8 Å². The highest BCUT2D eigenvalue weighted by molar-refractivity contribution is 7.89. The van der Waals surface area contributed by atoms with Gasteiger partial charge in [0, 0.05) is 40.9 Å². The second-order valence-corrected chi connectivity index (χ2v) is 16.6. The summed E-state index contributed by atoms with van der Waals surface area (Å²) in [5.41, 5.74) is 1.98. The molecule has 11 nitrogen and oxygen atoms in total. The van der Waals surface area contributed by atoms with Crippen molar-refractivity contribution in [3.05, 3.63) is 105 Å². The highest BCUT2D eigenvalue weighted by Gasteiger charge is 2.31. The number of alkyl halides is 3. The van der Waals surface area contributed by atoms with Gasteiger partial charge in [0.15, 0.2) is 0 Å². The SMILES string of the molecule is COc1cc(C(C)(C)c2cnc(CCc3c(F)cc(S(=O)(=O)NCCCCC[N+](C)(C)C)cc3Cl)n2-c2ccc(F)cc2)ccc1Cl.O=C([O-])C(F)(F)F.O=C=O. The zero-order chi connectivity index (χ0) is 43.4. The molecule has 312 valence electrons. The van der Waals surface area contributed by atoms with E-state index < -0.39 is 33.4 Å². The molecule has 0 atom stereocenters. The Morgan fingerprint density at radius 3 is 2.07 bits per heavy atom. The Balaban J connectivity index is 0.000000997. The van der Waals surface area contributed by atoms with Crippen molar-refractivity contribution in [1.29, 1.82) is 0 Å². The summed E-state index contributed by atoms with van der Waals surface area (Å²) in [7, 11) is 3.95. The number of carbonyl (C=O) groups is 1. The van der Waals surface area contributed by atoms with E-state index in [0.717, 1.165) is 41.2 Å². The summed E-state index contributed by atoms with van der Waals surface area (Å²) in [6.07, 6.45) is -0.232. The number of rotatable bonds is 15. The zero-order valence-electron chi connectivity index (χ0n) is 32.0. The number of ether oxygens (including phenoxy) is 1. The van der Waals surface area contributed by atoms with Crippen LogP contribution >= 0.6 is 23.2 Å². The molecule has 0 saturated heterocycles. The molecular weight excluding hydrogens is 822 g/mol. The number of benzene rings is 3. The molecule has 1 heterocycles. The number of imidazole rings is 1. The van der Waals surface area contributed by atoms with Crippen molar-refractivity contribution in [3.8, 4) is 11.4 Å². The van der Waals surface area contributed by atoms with Crippen molar-refractivity contribution in [2.24, 2.45) is 0 Å². The van der Waals surface area contributed by atoms with Crippen LogP contribution in [-0.4, -0.2) is 82.1 Å². The minimum Gasteiger partial charge on any atom is -0.542 e. The number of nitrogens with zero attached hydrogens (tertiary/aromatic N) is 3. The van der Waals surface area contributed by atoms with E-state index in [4.69, 9.17) is 52.4 Å². The van der Waals surface area contributed by atoms with Gasteiger partial charge >= 0.3 is 12.3 Å². The van der Waals surface area contributed by atoms with Crippen LogP contribution in [-0.2, 0) is 42.7 Å². The fourth-order valence-corrected chi connectivity index (χ4v) is 7.14. The van der Waals surface area contributed by atoms with Crippen molar-refractivity contribution in [2.45, 2.75) is 62.4 Å². The average Bonchev–Trinajstić information content (AvgIpc) is 3.54. The number of sulfonamides is 1. The zero-order valence-corrected chi connectivity index (χ0v) is 34.3. The molecule has 4 rings (SSSR count). The molecular formula is C38H43Cl2F5N4O7S. The minimum absolute atomic E-state index is 0.0158. The molecule has 3 aromatic carbocycles. The number of aliphatic carboxylic acids is 1. The van der Waals surface area contributed by atoms with Gasteiger partial charge in [0.1, 0.15) is 29.2 Å². The first-order valence-electron chi connectivity index (χ1n) is 17.1. The van der Waals surface area contributed by atoms with Crippen LogP contribution in [0.15, 0.2) is 65.7 Å². The molecule has 0 radical (unpaired) electrons. The number of hydrogen-bond acceptors (Lipinski definition) is 8. The van der Waals surface area contributed by atoms with Gasteiger partial charge in [0.25, 0.3) is 0 Å². The van der Waals surface area contributed by atoms with Crippen LogP contribution in [0.2, 0.25) is 10.0 Å². The standard InChI is InChI=1S/C35H43Cl2F2N4O3S.C2HF3O2.CO2/c1-35(2,24-10-16-29(36)32(20-24)46-6)33-23-40-34(42(33)26-13-11-25(38)12-14-26)17-15-28-30(37)21-27(22-31(28)39)47(44,45)41-18-8-7-9-19-43(3,4)5;3-2(4,5)1(6)7;2-1-3/h10-14,16,20-23,41H,7-9,15,17-19H2,1-6H3;(H,6,7);/q+1;;/p-1. The largest absolute Gasteiger partial charge is 0.542 e. The van der Waals surface area contributed by atoms with Gasteiger partial charge in [0.05, 0.1) is 50.4 Å². The van der Waals surface area contributed by atoms with Crippen molar-refractivity contribution < 1.29 is 59.1 Å². The number of halogens is 7. The first-order valence-corrected chi connectivity index (χ1v) is 19.4. The van der Waals surface area contributed by atoms with Gasteiger partial charge < -0.3 is 19.1 Å². The first-order chi connectivity index (χ1) is 26.4. The summed E-state index contributed by atoms with van der Waals surface area (Å²) >= 11 is 12.8. The van der Waals surface area contributed by atoms with Crippen molar-refractivity contribution in [1.82, 2.24) is 14.3 Å². The van der Waals surface area contributed by atoms with Gasteiger partial charge in [-0.2, -0.15) is 22.8 Å². The average molecular weight is 866 g/mol. The van der Waals surface area contributed by atoms with Crippen LogP contribution in [0.3, 0.4) is 0 Å². The Bertz CT molecular complexity index is 2090. The molecule has 0 fully saturated rings. The van der Waals surface area contributed by atoms with Gasteiger partial charge in [-0.05, 0) is 79.8 Å². The van der Waals surface area contributed by atoms with Crippen LogP contribution in [0.25, 0.3) is 5.69 Å². The third-order valence-corrected chi connectivity index (χ3v) is 10.6. The maximum absolute atomic E-state index is 15.5. The lowest BCUT2D eigenvalue weighted by Gasteiger charge is -2.28. The number of nitrogens with one attached hydrogen (secondary N) is 1. The van der Waals surface area contributed by atoms with E-state index in [1.807, 2.05) is 30.5 Å². The lowest BCUT2D eigenvalue weighted by molar-refractivity contribution is -0.870. The Morgan fingerprint density at radius 2 is 1.54 bits per heavy atom. The first kappa shape index (κ1) is 48.8. The molecule has 19 heteroatoms. The Morgan fingerprint density at radius 1 is 0.947 bits per heavy atom. The number of aromatic nitrogens is 2. The number of methoxy groups -OCH3 is 1. The molecule has 0 amide bonds. The van der Waals surface area contributed by atoms with Crippen LogP contribution in [0, 0.1) is 11.6 Å². The maximum atomic E-state index is 15.5. The van der Waals surface area contributed by atoms with E-state index in [0.29, 0.717) is 28.7 Å². The van der Waals surface area contributed by atoms with Crippen LogP contribution in [0.5, 0.6) is 5.75 Å². The van der Waals surface area contributed by atoms with Gasteiger partial charge in [-0.1, -0.05) is 43.1 Å². The molecule has 0 aliphatic rings. The van der Waals surface area contributed by atoms with Crippen molar-refractivity contribution >= 4 is 45.3 Å². The Labute approximate surface area is 338 Å². The normalized spacial score (nSPS) is 11.8. The summed E-state index contributed by atoms with van der Waals surface area (Å²) in [4.78, 5) is 29.5. The molecule has 0 unspecified atom stereocenters. The number of carboxylic acid groups (broad SMARTS) is 1. The molecule has 0 saturated carbocycles. The fraction of sp³-hybridized carbons (Fsp3) is 0.395. The number of quaternary nitrogens is 1. The van der Waals surface area contributed by atoms with Crippen LogP contribution < -0.4 is 14.6 Å². The quantitative estimate of drug-likeness (QED) is 0.0816. The summed E-state index contributed by atoms with van der Waals surface area (Å²) < 4.78 is 97.6. The third-order valence-electron chi connectivity index (χ3n) is 8.49. The van der Waals surface area contributed by atoms with Crippen molar-refractivity contribution in [2.75, 3.05) is 41.3 Å². The number of aryl methyl sites for hydroxylation is 1. The van der Waals surface area contributed by atoms with Crippen LogP contribution in [0.1, 0.15) is 55.8 Å². The number of hydrogen-bond donors (Lipinski definition) is 1. The Kier molecular flexibility index (Phi) is 17.9. The number of carboxylic acids is 1. The summed E-state index contributed by atoms with van der Waals surface area (Å²) in [5, 5.41) is 9.29. The molecule has 57 heavy (non-hydrogen) atoms. The maximum Gasteiger partial charge on any atom is 0.430 e. The predicted molar refractivity (Wildman–Crippen MR) is 200 cm³/mol. The van der Waals surface area contributed by atoms with Gasteiger partial charge in [-0.25, -0.2) is 26.9 Å². The summed E-state index contributed by atoms with van der Waals surface area (Å²) in [6.45, 7) is 5.32. The summed E-state index contributed by atoms with van der Waals surface area (Å²) in [5.74, 6) is -2.97. The fourth-order valence-electron chi connectivity index (χ4n) is 5.47. The minimum atomic E-state index is -5.19. The molecule has 0 spiro atoms. The van der Waals surface area contributed by atoms with E-state index in [2.05, 4.69) is 25.9 Å². The lowest BCUT2D eigenvalue weighted by Crippen LogP contribution is -2.37. The topological polar surface area (TPSA) is 147 Å².